The van der Waals surface area contributed by atoms with Gasteiger partial charge in [0.25, 0.3) is 0 Å². The second-order valence-corrected chi connectivity index (χ2v) is 5.41. The number of hydrogen-bond acceptors (Lipinski definition) is 2. The highest BCUT2D eigenvalue weighted by atomic mass is 32.2. The maximum absolute atomic E-state index is 10.5. The quantitative estimate of drug-likeness (QED) is 0.686. The fourth-order valence-corrected chi connectivity index (χ4v) is 2.38. The van der Waals surface area contributed by atoms with E-state index >= 15 is 0 Å². The van der Waals surface area contributed by atoms with E-state index in [0.29, 0.717) is 6.54 Å². The van der Waals surface area contributed by atoms with Gasteiger partial charge in [0.15, 0.2) is 0 Å². The van der Waals surface area contributed by atoms with E-state index in [4.69, 9.17) is 4.55 Å². The summed E-state index contributed by atoms with van der Waals surface area (Å²) >= 11 is 0. The van der Waals surface area contributed by atoms with Gasteiger partial charge >= 0.3 is 10.3 Å². The molecule has 0 aromatic rings. The molecular weight excluding hydrogens is 190 g/mol. The molecule has 78 valence electrons. The third-order valence-corrected chi connectivity index (χ3v) is 3.25. The summed E-state index contributed by atoms with van der Waals surface area (Å²) in [5, 5.41) is 0. The number of hydrogen-bond donors (Lipinski definition) is 2. The first-order valence-electron chi connectivity index (χ1n) is 4.63. The summed E-state index contributed by atoms with van der Waals surface area (Å²) < 4.78 is 31.6. The van der Waals surface area contributed by atoms with Gasteiger partial charge in [-0.2, -0.15) is 13.1 Å². The Hall–Kier alpha value is -0.130. The van der Waals surface area contributed by atoms with Crippen LogP contribution in [0.2, 0.25) is 0 Å². The van der Waals surface area contributed by atoms with Crippen LogP contribution in [0, 0.1) is 5.41 Å². The predicted molar refractivity (Wildman–Crippen MR) is 50.7 cm³/mol. The minimum absolute atomic E-state index is 0.0358. The van der Waals surface area contributed by atoms with Crippen molar-refractivity contribution in [3.8, 4) is 0 Å². The predicted octanol–water partition coefficient (Wildman–Crippen LogP) is 1.35. The third kappa shape index (κ3) is 4.06. The number of rotatable bonds is 3. The summed E-state index contributed by atoms with van der Waals surface area (Å²) in [5.74, 6) is 0. The Labute approximate surface area is 79.6 Å². The smallest absolute Gasteiger partial charge is 0.273 e. The molecule has 0 unspecified atom stereocenters. The molecule has 1 rings (SSSR count). The van der Waals surface area contributed by atoms with Gasteiger partial charge in [-0.05, 0) is 18.3 Å². The van der Waals surface area contributed by atoms with Crippen LogP contribution in [0.4, 0.5) is 0 Å². The summed E-state index contributed by atoms with van der Waals surface area (Å²) in [6, 6.07) is 0. The van der Waals surface area contributed by atoms with Crippen LogP contribution < -0.4 is 4.72 Å². The fraction of sp³-hybridized carbons (Fsp3) is 1.00. The summed E-state index contributed by atoms with van der Waals surface area (Å²) in [6.45, 7) is 2.41. The Morgan fingerprint density at radius 2 is 1.85 bits per heavy atom. The maximum atomic E-state index is 10.5. The highest BCUT2D eigenvalue weighted by Gasteiger charge is 2.27. The summed E-state index contributed by atoms with van der Waals surface area (Å²) in [5.41, 5.74) is 0.0358. The highest BCUT2D eigenvalue weighted by Crippen LogP contribution is 2.34. The van der Waals surface area contributed by atoms with Crippen LogP contribution in [-0.4, -0.2) is 19.5 Å². The molecule has 1 saturated carbocycles. The Kier molecular flexibility index (Phi) is 3.32. The van der Waals surface area contributed by atoms with Gasteiger partial charge < -0.3 is 0 Å². The normalized spacial score (nSPS) is 22.9. The molecular formula is C8H17NO3S. The van der Waals surface area contributed by atoms with E-state index in [1.165, 1.54) is 6.42 Å². The van der Waals surface area contributed by atoms with Crippen molar-refractivity contribution in [3.63, 3.8) is 0 Å². The van der Waals surface area contributed by atoms with Crippen molar-refractivity contribution in [3.05, 3.63) is 0 Å². The third-order valence-electron chi connectivity index (χ3n) is 2.74. The van der Waals surface area contributed by atoms with E-state index in [1.54, 1.807) is 0 Å². The highest BCUT2D eigenvalue weighted by molar-refractivity contribution is 7.83. The van der Waals surface area contributed by atoms with Crippen molar-refractivity contribution in [2.75, 3.05) is 6.54 Å². The van der Waals surface area contributed by atoms with Gasteiger partial charge in [0, 0.05) is 6.54 Å². The molecule has 0 saturated heterocycles. The summed E-state index contributed by atoms with van der Waals surface area (Å²) in [4.78, 5) is 0. The molecule has 0 heterocycles. The molecule has 5 heteroatoms. The van der Waals surface area contributed by atoms with Crippen LogP contribution in [0.5, 0.6) is 0 Å². The van der Waals surface area contributed by atoms with E-state index < -0.39 is 10.3 Å². The average Bonchev–Trinajstić information content (AvgIpc) is 2.02. The second kappa shape index (κ2) is 3.94. The molecule has 0 bridgehead atoms. The van der Waals surface area contributed by atoms with Crippen molar-refractivity contribution in [2.45, 2.75) is 39.0 Å². The zero-order valence-corrected chi connectivity index (χ0v) is 8.73. The molecule has 4 nitrogen and oxygen atoms in total. The standard InChI is InChI=1S/C8H17NO3S/c1-8(5-3-2-4-6-8)7-9-13(10,11)12/h9H,2-7H2,1H3,(H,10,11,12). The molecule has 13 heavy (non-hydrogen) atoms. The topological polar surface area (TPSA) is 66.4 Å². The molecule has 1 aliphatic rings. The van der Waals surface area contributed by atoms with Gasteiger partial charge in [-0.15, -0.1) is 0 Å². The van der Waals surface area contributed by atoms with Crippen LogP contribution in [0.25, 0.3) is 0 Å². The molecule has 2 N–H and O–H groups in total. The summed E-state index contributed by atoms with van der Waals surface area (Å²) in [6.07, 6.45) is 5.62. The van der Waals surface area contributed by atoms with Crippen molar-refractivity contribution in [1.29, 1.82) is 0 Å². The van der Waals surface area contributed by atoms with Crippen LogP contribution in [0.1, 0.15) is 39.0 Å². The Morgan fingerprint density at radius 1 is 1.31 bits per heavy atom. The van der Waals surface area contributed by atoms with Crippen molar-refractivity contribution in [2.24, 2.45) is 5.41 Å². The average molecular weight is 207 g/mol. The van der Waals surface area contributed by atoms with Crippen LogP contribution in [-0.2, 0) is 10.3 Å². The van der Waals surface area contributed by atoms with Crippen molar-refractivity contribution < 1.29 is 13.0 Å². The minimum atomic E-state index is -4.01. The van der Waals surface area contributed by atoms with Crippen LogP contribution in [0.15, 0.2) is 0 Å². The molecule has 1 aliphatic carbocycles. The minimum Gasteiger partial charge on any atom is -0.273 e. The zero-order chi connectivity index (χ0) is 9.95. The molecule has 0 aliphatic heterocycles. The van der Waals surface area contributed by atoms with Crippen LogP contribution >= 0.6 is 0 Å². The van der Waals surface area contributed by atoms with E-state index in [0.717, 1.165) is 25.7 Å². The monoisotopic (exact) mass is 207 g/mol. The lowest BCUT2D eigenvalue weighted by molar-refractivity contribution is 0.217. The SMILES string of the molecule is CC1(CNS(=O)(=O)O)CCCCC1. The first-order valence-corrected chi connectivity index (χ1v) is 6.07. The van der Waals surface area contributed by atoms with E-state index in [-0.39, 0.29) is 5.41 Å². The lowest BCUT2D eigenvalue weighted by Crippen LogP contribution is -2.36. The molecule has 0 aromatic carbocycles. The number of nitrogens with one attached hydrogen (secondary N) is 1. The Bertz CT molecular complexity index is 255. The molecule has 0 spiro atoms. The second-order valence-electron chi connectivity index (χ2n) is 4.17. The van der Waals surface area contributed by atoms with Gasteiger partial charge in [-0.3, -0.25) is 4.55 Å². The van der Waals surface area contributed by atoms with Crippen molar-refractivity contribution in [1.82, 2.24) is 4.72 Å². The maximum Gasteiger partial charge on any atom is 0.333 e. The molecule has 0 amide bonds. The zero-order valence-electron chi connectivity index (χ0n) is 7.91. The van der Waals surface area contributed by atoms with Gasteiger partial charge in [0.05, 0.1) is 0 Å². The molecule has 0 atom stereocenters. The Morgan fingerprint density at radius 3 is 2.31 bits per heavy atom. The van der Waals surface area contributed by atoms with Crippen molar-refractivity contribution >= 4 is 10.3 Å². The Balaban J connectivity index is 2.42. The first kappa shape index (κ1) is 10.9. The van der Waals surface area contributed by atoms with Gasteiger partial charge in [0.2, 0.25) is 0 Å². The molecule has 1 fully saturated rings. The van der Waals surface area contributed by atoms with Gasteiger partial charge in [-0.25, -0.2) is 0 Å². The lowest BCUT2D eigenvalue weighted by atomic mass is 9.76. The first-order chi connectivity index (χ1) is 5.91. The lowest BCUT2D eigenvalue weighted by Gasteiger charge is -2.33. The van der Waals surface area contributed by atoms with Gasteiger partial charge in [0.1, 0.15) is 0 Å². The van der Waals surface area contributed by atoms with E-state index in [9.17, 15) is 8.42 Å². The largest absolute Gasteiger partial charge is 0.333 e. The van der Waals surface area contributed by atoms with Crippen LogP contribution in [0.3, 0.4) is 0 Å². The summed E-state index contributed by atoms with van der Waals surface area (Å²) in [7, 11) is -4.01. The van der Waals surface area contributed by atoms with E-state index in [2.05, 4.69) is 11.6 Å². The molecule has 0 radical (unpaired) electrons. The fourth-order valence-electron chi connectivity index (χ4n) is 1.85. The van der Waals surface area contributed by atoms with Gasteiger partial charge in [-0.1, -0.05) is 26.2 Å². The molecule has 0 aromatic heterocycles. The van der Waals surface area contributed by atoms with E-state index in [1.807, 2.05) is 0 Å².